The summed E-state index contributed by atoms with van der Waals surface area (Å²) < 4.78 is 3.94. The van der Waals surface area contributed by atoms with Gasteiger partial charge in [-0.25, -0.2) is 4.68 Å². The number of aromatic nitrogens is 4. The van der Waals surface area contributed by atoms with Crippen molar-refractivity contribution in [1.29, 1.82) is 0 Å². The largest absolute Gasteiger partial charge is 0.330 e. The van der Waals surface area contributed by atoms with E-state index in [0.717, 1.165) is 11.4 Å². The van der Waals surface area contributed by atoms with Crippen molar-refractivity contribution in [3.63, 3.8) is 0 Å². The van der Waals surface area contributed by atoms with Gasteiger partial charge in [0.25, 0.3) is 5.56 Å². The minimum atomic E-state index is -0.464. The summed E-state index contributed by atoms with van der Waals surface area (Å²) in [6, 6.07) is 17.3. The first-order valence-electron chi connectivity index (χ1n) is 10.3. The third kappa shape index (κ3) is 5.01. The maximum Gasteiger partial charge on any atom is 0.295 e. The molecule has 0 aliphatic rings. The number of rotatable bonds is 7. The molecule has 0 radical (unpaired) electrons. The number of benzene rings is 2. The van der Waals surface area contributed by atoms with Crippen molar-refractivity contribution in [2.45, 2.75) is 30.4 Å². The van der Waals surface area contributed by atoms with E-state index < -0.39 is 5.25 Å². The molecule has 33 heavy (non-hydrogen) atoms. The average Bonchev–Trinajstić information content (AvgIpc) is 3.33. The van der Waals surface area contributed by atoms with Crippen LogP contribution < -0.4 is 16.2 Å². The van der Waals surface area contributed by atoms with Gasteiger partial charge in [0.05, 0.1) is 16.6 Å². The van der Waals surface area contributed by atoms with Crippen molar-refractivity contribution in [2.75, 3.05) is 10.6 Å². The first-order valence-corrected chi connectivity index (χ1v) is 12.0. The Kier molecular flexibility index (Phi) is 6.66. The SMILES string of the molecule is Cc1ccc(Nc2nnc(S[C@@H](C)C(=O)Nc3c(C)n(C)n(-c4ccccc4)c3=O)s2)cc1. The Hall–Kier alpha value is -3.37. The lowest BCUT2D eigenvalue weighted by atomic mass is 10.2. The number of aryl methyl sites for hydroxylation is 1. The molecule has 2 heterocycles. The predicted molar refractivity (Wildman–Crippen MR) is 134 cm³/mol. The smallest absolute Gasteiger partial charge is 0.295 e. The van der Waals surface area contributed by atoms with E-state index in [4.69, 9.17) is 0 Å². The molecule has 170 valence electrons. The first kappa shape index (κ1) is 22.8. The second-order valence-corrected chi connectivity index (χ2v) is 10.1. The monoisotopic (exact) mass is 480 g/mol. The predicted octanol–water partition coefficient (Wildman–Crippen LogP) is 4.51. The Balaban J connectivity index is 1.44. The van der Waals surface area contributed by atoms with Gasteiger partial charge in [0.15, 0.2) is 4.34 Å². The summed E-state index contributed by atoms with van der Waals surface area (Å²) >= 11 is 2.67. The van der Waals surface area contributed by atoms with Gasteiger partial charge in [-0.1, -0.05) is 59.0 Å². The Morgan fingerprint density at radius 2 is 1.76 bits per heavy atom. The van der Waals surface area contributed by atoms with Crippen molar-refractivity contribution in [3.05, 3.63) is 76.2 Å². The highest BCUT2D eigenvalue weighted by atomic mass is 32.2. The van der Waals surface area contributed by atoms with Crippen LogP contribution in [0, 0.1) is 13.8 Å². The van der Waals surface area contributed by atoms with Crippen LogP contribution >= 0.6 is 23.1 Å². The van der Waals surface area contributed by atoms with E-state index in [1.54, 1.807) is 18.7 Å². The van der Waals surface area contributed by atoms with Crippen LogP contribution in [0.1, 0.15) is 18.2 Å². The molecule has 2 N–H and O–H groups in total. The van der Waals surface area contributed by atoms with Gasteiger partial charge in [0, 0.05) is 12.7 Å². The molecule has 2 aromatic carbocycles. The van der Waals surface area contributed by atoms with Crippen LogP contribution in [0.2, 0.25) is 0 Å². The van der Waals surface area contributed by atoms with Crippen LogP contribution in [0.15, 0.2) is 63.7 Å². The molecule has 2 aromatic heterocycles. The molecule has 0 spiro atoms. The number of nitrogens with one attached hydrogen (secondary N) is 2. The van der Waals surface area contributed by atoms with Crippen molar-refractivity contribution in [2.24, 2.45) is 7.05 Å². The molecule has 4 aromatic rings. The summed E-state index contributed by atoms with van der Waals surface area (Å²) in [7, 11) is 1.79. The van der Waals surface area contributed by atoms with Crippen LogP contribution in [0.3, 0.4) is 0 Å². The Morgan fingerprint density at radius 3 is 2.45 bits per heavy atom. The van der Waals surface area contributed by atoms with Crippen LogP contribution in [0.5, 0.6) is 0 Å². The van der Waals surface area contributed by atoms with E-state index in [-0.39, 0.29) is 17.2 Å². The van der Waals surface area contributed by atoms with Gasteiger partial charge >= 0.3 is 0 Å². The van der Waals surface area contributed by atoms with Gasteiger partial charge in [-0.05, 0) is 45.0 Å². The van der Waals surface area contributed by atoms with Gasteiger partial charge in [-0.15, -0.1) is 10.2 Å². The minimum absolute atomic E-state index is 0.269. The van der Waals surface area contributed by atoms with Crippen LogP contribution in [-0.2, 0) is 11.8 Å². The Labute approximate surface area is 199 Å². The Morgan fingerprint density at radius 1 is 1.06 bits per heavy atom. The Bertz CT molecular complexity index is 1330. The molecule has 0 aliphatic carbocycles. The lowest BCUT2D eigenvalue weighted by Gasteiger charge is -2.09. The zero-order valence-corrected chi connectivity index (χ0v) is 20.3. The number of carbonyl (C=O) groups is 1. The van der Waals surface area contributed by atoms with Crippen molar-refractivity contribution in [3.8, 4) is 5.69 Å². The summed E-state index contributed by atoms with van der Waals surface area (Å²) in [4.78, 5) is 25.9. The van der Waals surface area contributed by atoms with Gasteiger partial charge in [-0.3, -0.25) is 14.3 Å². The van der Waals surface area contributed by atoms with E-state index in [9.17, 15) is 9.59 Å². The van der Waals surface area contributed by atoms with E-state index in [1.165, 1.54) is 33.3 Å². The normalized spacial score (nSPS) is 11.9. The quantitative estimate of drug-likeness (QED) is 0.378. The zero-order valence-electron chi connectivity index (χ0n) is 18.7. The fourth-order valence-corrected chi connectivity index (χ4v) is 5.13. The lowest BCUT2D eigenvalue weighted by molar-refractivity contribution is -0.115. The zero-order chi connectivity index (χ0) is 23.5. The average molecular weight is 481 g/mol. The maximum absolute atomic E-state index is 13.0. The van der Waals surface area contributed by atoms with Crippen LogP contribution in [0.25, 0.3) is 5.69 Å². The van der Waals surface area contributed by atoms with Crippen molar-refractivity contribution < 1.29 is 4.79 Å². The van der Waals surface area contributed by atoms with Gasteiger partial charge < -0.3 is 10.6 Å². The standard InChI is InChI=1S/C23H24N6O2S2/c1-14-10-12-17(13-11-14)24-22-26-27-23(33-22)32-16(3)20(30)25-19-15(2)28(4)29(21(19)31)18-8-6-5-7-9-18/h5-13,16H,1-4H3,(H,24,26)(H,25,30)/t16-/m0/s1. The second kappa shape index (κ2) is 9.63. The molecule has 0 saturated heterocycles. The van der Waals surface area contributed by atoms with Gasteiger partial charge in [0.1, 0.15) is 5.69 Å². The van der Waals surface area contributed by atoms with Crippen molar-refractivity contribution in [1.82, 2.24) is 19.6 Å². The molecule has 4 rings (SSSR count). The molecule has 10 heteroatoms. The molecule has 8 nitrogen and oxygen atoms in total. The van der Waals surface area contributed by atoms with Gasteiger partial charge in [0.2, 0.25) is 11.0 Å². The number of hydrogen-bond acceptors (Lipinski definition) is 7. The van der Waals surface area contributed by atoms with Gasteiger partial charge in [-0.2, -0.15) is 0 Å². The molecular formula is C23H24N6O2S2. The fraction of sp³-hybridized carbons (Fsp3) is 0.217. The molecule has 1 amide bonds. The van der Waals surface area contributed by atoms with E-state index >= 15 is 0 Å². The second-order valence-electron chi connectivity index (χ2n) is 7.55. The third-order valence-electron chi connectivity index (χ3n) is 5.16. The minimum Gasteiger partial charge on any atom is -0.330 e. The molecule has 0 unspecified atom stereocenters. The van der Waals surface area contributed by atoms with E-state index in [1.807, 2.05) is 68.4 Å². The van der Waals surface area contributed by atoms with E-state index in [0.29, 0.717) is 15.2 Å². The highest BCUT2D eigenvalue weighted by Gasteiger charge is 2.22. The molecule has 0 saturated carbocycles. The summed E-state index contributed by atoms with van der Waals surface area (Å²) in [5.41, 5.74) is 3.52. The lowest BCUT2D eigenvalue weighted by Crippen LogP contribution is -2.27. The number of nitrogens with zero attached hydrogens (tertiary/aromatic N) is 4. The van der Waals surface area contributed by atoms with Crippen LogP contribution in [-0.4, -0.2) is 30.7 Å². The molecule has 1 atom stereocenters. The number of hydrogen-bond donors (Lipinski definition) is 2. The third-order valence-corrected chi connectivity index (χ3v) is 7.18. The number of amides is 1. The summed E-state index contributed by atoms with van der Waals surface area (Å²) in [6.07, 6.45) is 0. The number of anilines is 3. The summed E-state index contributed by atoms with van der Waals surface area (Å²) in [5, 5.41) is 14.5. The number of thioether (sulfide) groups is 1. The highest BCUT2D eigenvalue weighted by Crippen LogP contribution is 2.31. The van der Waals surface area contributed by atoms with E-state index in [2.05, 4.69) is 20.8 Å². The van der Waals surface area contributed by atoms with Crippen LogP contribution in [0.4, 0.5) is 16.5 Å². The molecule has 0 bridgehead atoms. The summed E-state index contributed by atoms with van der Waals surface area (Å²) in [5.74, 6) is -0.269. The fourth-order valence-electron chi connectivity index (χ4n) is 3.21. The number of para-hydroxylation sites is 1. The topological polar surface area (TPSA) is 93.8 Å². The highest BCUT2D eigenvalue weighted by molar-refractivity contribution is 8.02. The first-order chi connectivity index (χ1) is 15.8. The number of carbonyl (C=O) groups excluding carboxylic acids is 1. The maximum atomic E-state index is 13.0. The molecule has 0 fully saturated rings. The van der Waals surface area contributed by atoms with Crippen molar-refractivity contribution >= 4 is 45.5 Å². The molecule has 0 aliphatic heterocycles. The molecular weight excluding hydrogens is 456 g/mol. The summed E-state index contributed by atoms with van der Waals surface area (Å²) in [6.45, 7) is 5.62.